The van der Waals surface area contributed by atoms with Gasteiger partial charge in [0.1, 0.15) is 12.3 Å². The fourth-order valence-electron chi connectivity index (χ4n) is 5.70. The van der Waals surface area contributed by atoms with Gasteiger partial charge in [0.2, 0.25) is 0 Å². The van der Waals surface area contributed by atoms with Crippen LogP contribution < -0.4 is 11.2 Å². The van der Waals surface area contributed by atoms with Crippen LogP contribution in [0.4, 0.5) is 0 Å². The van der Waals surface area contributed by atoms with Gasteiger partial charge in [-0.2, -0.15) is 0 Å². The first-order chi connectivity index (χ1) is 16.7. The van der Waals surface area contributed by atoms with Crippen LogP contribution in [0.5, 0.6) is 0 Å². The van der Waals surface area contributed by atoms with Crippen LogP contribution in [-0.4, -0.2) is 56.6 Å². The van der Waals surface area contributed by atoms with Crippen molar-refractivity contribution in [3.63, 3.8) is 0 Å². The number of aryl methyl sites for hydroxylation is 1. The van der Waals surface area contributed by atoms with Crippen LogP contribution in [0.25, 0.3) is 0 Å². The molecule has 0 radical (unpaired) electrons. The average Bonchev–Trinajstić information content (AvgIpc) is 3.05. The molecule has 1 aromatic rings. The Balaban J connectivity index is 2.18. The summed E-state index contributed by atoms with van der Waals surface area (Å²) in [4.78, 5) is 39.0. The van der Waals surface area contributed by atoms with E-state index in [1.165, 1.54) is 10.8 Å². The number of aromatic nitrogens is 2. The number of rotatable bonds is 7. The van der Waals surface area contributed by atoms with Crippen LogP contribution in [0.15, 0.2) is 15.8 Å². The number of carbonyl (C=O) groups is 1. The molecule has 2 saturated heterocycles. The molecule has 4 atom stereocenters. The molecular formula is C24H42N2O8Si2. The lowest BCUT2D eigenvalue weighted by Crippen LogP contribution is -2.65. The second-order valence-corrected chi connectivity index (χ2v) is 20.2. The van der Waals surface area contributed by atoms with Gasteiger partial charge in [-0.1, -0.05) is 55.4 Å². The second-order valence-electron chi connectivity index (χ2n) is 11.4. The number of ether oxygens (including phenoxy) is 1. The third-order valence-corrected chi connectivity index (χ3v) is 17.9. The smallest absolute Gasteiger partial charge is 0.335 e. The van der Waals surface area contributed by atoms with Crippen LogP contribution in [0.1, 0.15) is 73.6 Å². The highest BCUT2D eigenvalue weighted by Crippen LogP contribution is 2.50. The molecule has 2 aliphatic heterocycles. The molecule has 0 saturated carbocycles. The molecule has 0 aliphatic carbocycles. The number of carboxylic acid groups (broad SMARTS) is 1. The maximum absolute atomic E-state index is 12.8. The molecule has 3 heterocycles. The summed E-state index contributed by atoms with van der Waals surface area (Å²) in [7, 11) is -5.80. The summed E-state index contributed by atoms with van der Waals surface area (Å²) in [5.74, 6) is -1.70. The molecule has 3 rings (SSSR count). The minimum Gasteiger partial charge on any atom is -0.481 e. The van der Waals surface area contributed by atoms with E-state index in [0.717, 1.165) is 0 Å². The van der Waals surface area contributed by atoms with Crippen molar-refractivity contribution in [2.75, 3.05) is 6.61 Å². The minimum atomic E-state index is -3.01. The normalized spacial score (nSPS) is 27.9. The van der Waals surface area contributed by atoms with E-state index >= 15 is 0 Å². The first kappa shape index (κ1) is 29.0. The molecule has 1 aromatic heterocycles. The molecule has 0 spiro atoms. The number of H-pyrrole nitrogens is 1. The first-order valence-electron chi connectivity index (χ1n) is 12.9. The van der Waals surface area contributed by atoms with E-state index < -0.39 is 58.7 Å². The fraction of sp³-hybridized carbons (Fsp3) is 0.792. The molecule has 10 nitrogen and oxygen atoms in total. The summed E-state index contributed by atoms with van der Waals surface area (Å²) < 4.78 is 28.6. The molecule has 2 N–H and O–H groups in total. The Hall–Kier alpha value is -1.58. The molecule has 12 heteroatoms. The Kier molecular flexibility index (Phi) is 8.58. The lowest BCUT2D eigenvalue weighted by atomic mass is 9.96. The summed E-state index contributed by atoms with van der Waals surface area (Å²) in [6.45, 7) is 18.6. The predicted octanol–water partition coefficient (Wildman–Crippen LogP) is 3.79. The molecule has 2 fully saturated rings. The number of nitrogens with one attached hydrogen (secondary N) is 1. The maximum atomic E-state index is 12.8. The average molecular weight is 543 g/mol. The van der Waals surface area contributed by atoms with Crippen LogP contribution in [-0.2, 0) is 22.5 Å². The van der Waals surface area contributed by atoms with E-state index in [1.807, 2.05) is 0 Å². The summed E-state index contributed by atoms with van der Waals surface area (Å²) in [5, 5.41) is 9.80. The molecule has 2 aliphatic rings. The van der Waals surface area contributed by atoms with Crippen LogP contribution in [0.2, 0.25) is 22.2 Å². The zero-order valence-electron chi connectivity index (χ0n) is 22.9. The predicted molar refractivity (Wildman–Crippen MR) is 140 cm³/mol. The van der Waals surface area contributed by atoms with Gasteiger partial charge in [0.15, 0.2) is 0 Å². The van der Waals surface area contributed by atoms with E-state index in [9.17, 15) is 19.5 Å². The van der Waals surface area contributed by atoms with Gasteiger partial charge in [0.25, 0.3) is 5.56 Å². The van der Waals surface area contributed by atoms with Crippen molar-refractivity contribution in [2.24, 2.45) is 5.92 Å². The zero-order valence-corrected chi connectivity index (χ0v) is 24.9. The van der Waals surface area contributed by atoms with Gasteiger partial charge in [-0.25, -0.2) is 4.79 Å². The summed E-state index contributed by atoms with van der Waals surface area (Å²) in [5.41, 5.74) is -0.382. The van der Waals surface area contributed by atoms with Crippen molar-refractivity contribution in [1.82, 2.24) is 9.55 Å². The summed E-state index contributed by atoms with van der Waals surface area (Å²) in [6.07, 6.45) is -1.01. The highest BCUT2D eigenvalue weighted by atomic mass is 28.5. The highest BCUT2D eigenvalue weighted by Gasteiger charge is 2.62. The van der Waals surface area contributed by atoms with Gasteiger partial charge < -0.3 is 22.8 Å². The van der Waals surface area contributed by atoms with Gasteiger partial charge in [0, 0.05) is 17.7 Å². The molecule has 0 bridgehead atoms. The standard InChI is InChI=1S/C24H42N2O8Si2/c1-13(2)35(14(3)4)31-12-19-21(33-36(34-35,15(5)6)16(7)8)18(10-20(27)28)23(32-19)26-11-17(9)22(29)25-24(26)30/h11,13-16,18-19,21,23H,10,12H2,1-9H3,(H,27,28)(H,25,29,30)/t18-,19-,21+,23-/m1/s1. The topological polar surface area (TPSA) is 129 Å². The van der Waals surface area contributed by atoms with E-state index in [1.54, 1.807) is 6.92 Å². The van der Waals surface area contributed by atoms with E-state index in [2.05, 4.69) is 60.4 Å². The Morgan fingerprint density at radius 2 is 1.61 bits per heavy atom. The Morgan fingerprint density at radius 3 is 2.11 bits per heavy atom. The number of carboxylic acids is 1. The third kappa shape index (κ3) is 5.08. The Labute approximate surface area is 214 Å². The van der Waals surface area contributed by atoms with Crippen molar-refractivity contribution in [2.45, 2.75) is 109 Å². The van der Waals surface area contributed by atoms with Crippen LogP contribution in [0.3, 0.4) is 0 Å². The summed E-state index contributed by atoms with van der Waals surface area (Å²) >= 11 is 0. The van der Waals surface area contributed by atoms with Crippen molar-refractivity contribution < 1.29 is 27.6 Å². The number of hydrogen-bond donors (Lipinski definition) is 2. The first-order valence-corrected chi connectivity index (χ1v) is 16.8. The molecular weight excluding hydrogens is 500 g/mol. The zero-order chi connectivity index (χ0) is 27.2. The van der Waals surface area contributed by atoms with Crippen molar-refractivity contribution >= 4 is 23.1 Å². The monoisotopic (exact) mass is 542 g/mol. The van der Waals surface area contributed by atoms with Crippen molar-refractivity contribution in [1.29, 1.82) is 0 Å². The third-order valence-electron chi connectivity index (χ3n) is 7.63. The quantitative estimate of drug-likeness (QED) is 0.498. The lowest BCUT2D eigenvalue weighted by Gasteiger charge is -2.51. The molecule has 0 amide bonds. The lowest BCUT2D eigenvalue weighted by molar-refractivity contribution is -0.139. The van der Waals surface area contributed by atoms with E-state index in [0.29, 0.717) is 5.56 Å². The van der Waals surface area contributed by atoms with Crippen LogP contribution in [0, 0.1) is 12.8 Å². The van der Waals surface area contributed by atoms with Gasteiger partial charge in [-0.05, 0) is 29.1 Å². The van der Waals surface area contributed by atoms with Gasteiger partial charge in [0.05, 0.1) is 19.1 Å². The number of hydrogen-bond acceptors (Lipinski definition) is 7. The van der Waals surface area contributed by atoms with Crippen LogP contribution >= 0.6 is 0 Å². The number of aromatic amines is 1. The Bertz CT molecular complexity index is 1050. The summed E-state index contributed by atoms with van der Waals surface area (Å²) in [6, 6.07) is 0. The Morgan fingerprint density at radius 1 is 1.06 bits per heavy atom. The molecule has 0 aromatic carbocycles. The van der Waals surface area contributed by atoms with E-state index in [4.69, 9.17) is 17.7 Å². The van der Waals surface area contributed by atoms with E-state index in [-0.39, 0.29) is 35.2 Å². The largest absolute Gasteiger partial charge is 0.481 e. The highest BCUT2D eigenvalue weighted by molar-refractivity contribution is 6.83. The van der Waals surface area contributed by atoms with Gasteiger partial charge >= 0.3 is 28.8 Å². The maximum Gasteiger partial charge on any atom is 0.335 e. The number of aliphatic carboxylic acids is 1. The fourth-order valence-corrected chi connectivity index (χ4v) is 16.9. The molecule has 204 valence electrons. The van der Waals surface area contributed by atoms with Crippen molar-refractivity contribution in [3.05, 3.63) is 32.6 Å². The SMILES string of the molecule is Cc1cn([C@@H]2O[C@@H]3CO[Si](C(C)C)(C(C)C)O[Si](C(C)C)(C(C)C)O[C@H]3[C@H]2CC(=O)O)c(=O)[nH]c1=O. The minimum absolute atomic E-state index is 0.0619. The van der Waals surface area contributed by atoms with Gasteiger partial charge in [-0.15, -0.1) is 0 Å². The molecule has 0 unspecified atom stereocenters. The second kappa shape index (κ2) is 10.7. The number of fused-ring (bicyclic) bond motifs is 1. The number of nitrogens with zero attached hydrogens (tertiary/aromatic N) is 1. The molecule has 36 heavy (non-hydrogen) atoms. The van der Waals surface area contributed by atoms with Gasteiger partial charge in [-0.3, -0.25) is 19.1 Å². The van der Waals surface area contributed by atoms with Crippen molar-refractivity contribution in [3.8, 4) is 0 Å².